The maximum absolute atomic E-state index is 11.9. The van der Waals surface area contributed by atoms with E-state index in [1.807, 2.05) is 30.5 Å². The zero-order valence-corrected chi connectivity index (χ0v) is 12.5. The normalized spacial score (nSPS) is 12.3. The molecule has 0 saturated carbocycles. The van der Waals surface area contributed by atoms with E-state index in [9.17, 15) is 4.79 Å². The topological polar surface area (TPSA) is 55.1 Å². The highest BCUT2D eigenvalue weighted by molar-refractivity contribution is 7.98. The predicted octanol–water partition coefficient (Wildman–Crippen LogP) is 2.54. The van der Waals surface area contributed by atoms with E-state index in [4.69, 9.17) is 5.73 Å². The van der Waals surface area contributed by atoms with Gasteiger partial charge in [0.1, 0.15) is 0 Å². The summed E-state index contributed by atoms with van der Waals surface area (Å²) in [5.41, 5.74) is 6.97. The van der Waals surface area contributed by atoms with Crippen molar-refractivity contribution in [2.45, 2.75) is 19.0 Å². The Bertz CT molecular complexity index is 580. The van der Waals surface area contributed by atoms with Gasteiger partial charge in [0.05, 0.1) is 6.04 Å². The van der Waals surface area contributed by atoms with Crippen LogP contribution in [0, 0.1) is 0 Å². The molecule has 0 aliphatic rings. The van der Waals surface area contributed by atoms with Crippen LogP contribution in [-0.2, 0) is 11.3 Å². The molecule has 0 saturated heterocycles. The van der Waals surface area contributed by atoms with Gasteiger partial charge in [0.2, 0.25) is 5.91 Å². The summed E-state index contributed by atoms with van der Waals surface area (Å²) in [6.45, 7) is 0.521. The van der Waals surface area contributed by atoms with Crippen LogP contribution in [0.1, 0.15) is 12.0 Å². The Labute approximate surface area is 123 Å². The van der Waals surface area contributed by atoms with Crippen LogP contribution in [0.3, 0.4) is 0 Å². The maximum Gasteiger partial charge on any atom is 0.237 e. The molecule has 0 aliphatic carbocycles. The molecule has 0 fully saturated rings. The maximum atomic E-state index is 11.9. The van der Waals surface area contributed by atoms with Crippen molar-refractivity contribution < 1.29 is 4.79 Å². The van der Waals surface area contributed by atoms with E-state index < -0.39 is 6.04 Å². The molecule has 1 amide bonds. The van der Waals surface area contributed by atoms with Gasteiger partial charge in [-0.2, -0.15) is 11.8 Å². The summed E-state index contributed by atoms with van der Waals surface area (Å²) < 4.78 is 0. The first-order chi connectivity index (χ1) is 9.72. The van der Waals surface area contributed by atoms with Gasteiger partial charge in [-0.15, -0.1) is 0 Å². The van der Waals surface area contributed by atoms with E-state index >= 15 is 0 Å². The number of fused-ring (bicyclic) bond motifs is 1. The molecule has 0 heterocycles. The van der Waals surface area contributed by atoms with Gasteiger partial charge in [0, 0.05) is 6.54 Å². The van der Waals surface area contributed by atoms with E-state index in [2.05, 4.69) is 23.5 Å². The zero-order chi connectivity index (χ0) is 14.4. The Morgan fingerprint density at radius 3 is 2.80 bits per heavy atom. The third kappa shape index (κ3) is 3.74. The van der Waals surface area contributed by atoms with Gasteiger partial charge < -0.3 is 11.1 Å². The van der Waals surface area contributed by atoms with Gasteiger partial charge in [0.15, 0.2) is 0 Å². The highest BCUT2D eigenvalue weighted by Crippen LogP contribution is 2.18. The molecule has 2 rings (SSSR count). The van der Waals surface area contributed by atoms with Gasteiger partial charge in [-0.25, -0.2) is 0 Å². The average Bonchev–Trinajstić information content (AvgIpc) is 2.50. The second kappa shape index (κ2) is 7.31. The number of benzene rings is 2. The summed E-state index contributed by atoms with van der Waals surface area (Å²) in [5, 5.41) is 5.29. The van der Waals surface area contributed by atoms with Crippen molar-refractivity contribution >= 4 is 28.4 Å². The third-order valence-electron chi connectivity index (χ3n) is 3.30. The quantitative estimate of drug-likeness (QED) is 0.859. The molecule has 0 radical (unpaired) electrons. The van der Waals surface area contributed by atoms with E-state index in [0.717, 1.165) is 11.3 Å². The summed E-state index contributed by atoms with van der Waals surface area (Å²) in [6.07, 6.45) is 2.73. The zero-order valence-electron chi connectivity index (χ0n) is 11.6. The molecule has 0 aromatic heterocycles. The van der Waals surface area contributed by atoms with Crippen LogP contribution < -0.4 is 11.1 Å². The second-order valence-corrected chi connectivity index (χ2v) is 5.73. The number of hydrogen-bond acceptors (Lipinski definition) is 3. The fraction of sp³-hybridized carbons (Fsp3) is 0.312. The first-order valence-electron chi connectivity index (χ1n) is 6.71. The second-order valence-electron chi connectivity index (χ2n) is 4.74. The van der Waals surface area contributed by atoms with Crippen LogP contribution >= 0.6 is 11.8 Å². The summed E-state index contributed by atoms with van der Waals surface area (Å²) >= 11 is 1.70. The Balaban J connectivity index is 2.01. The third-order valence-corrected chi connectivity index (χ3v) is 3.95. The molecule has 20 heavy (non-hydrogen) atoms. The first-order valence-corrected chi connectivity index (χ1v) is 8.10. The fourth-order valence-electron chi connectivity index (χ4n) is 2.14. The number of carbonyl (C=O) groups excluding carboxylic acids is 1. The van der Waals surface area contributed by atoms with Crippen LogP contribution in [0.4, 0.5) is 0 Å². The van der Waals surface area contributed by atoms with Crippen molar-refractivity contribution in [3.05, 3.63) is 48.0 Å². The van der Waals surface area contributed by atoms with Gasteiger partial charge in [0.25, 0.3) is 0 Å². The molecule has 0 bridgehead atoms. The Kier molecular flexibility index (Phi) is 5.44. The van der Waals surface area contributed by atoms with E-state index in [1.165, 1.54) is 10.8 Å². The monoisotopic (exact) mass is 288 g/mol. The molecule has 4 heteroatoms. The highest BCUT2D eigenvalue weighted by atomic mass is 32.2. The van der Waals surface area contributed by atoms with Crippen molar-refractivity contribution in [3.8, 4) is 0 Å². The molecule has 2 aromatic rings. The van der Waals surface area contributed by atoms with Crippen LogP contribution in [0.2, 0.25) is 0 Å². The standard InChI is InChI=1S/C16H20N2OS/c1-20-10-9-15(17)16(19)18-11-13-7-4-6-12-5-2-3-8-14(12)13/h2-8,15H,9-11,17H2,1H3,(H,18,19)/t15-/m0/s1. The number of amides is 1. The number of nitrogens with one attached hydrogen (secondary N) is 1. The molecule has 0 aliphatic heterocycles. The Morgan fingerprint density at radius 2 is 2.00 bits per heavy atom. The van der Waals surface area contributed by atoms with E-state index in [1.54, 1.807) is 11.8 Å². The SMILES string of the molecule is CSCC[C@H](N)C(=O)NCc1cccc2ccccc12. The molecule has 0 spiro atoms. The van der Waals surface area contributed by atoms with Gasteiger partial charge in [-0.3, -0.25) is 4.79 Å². The first kappa shape index (κ1) is 14.9. The molecular weight excluding hydrogens is 268 g/mol. The number of nitrogens with two attached hydrogens (primary N) is 1. The minimum Gasteiger partial charge on any atom is -0.351 e. The molecule has 3 N–H and O–H groups in total. The lowest BCUT2D eigenvalue weighted by Crippen LogP contribution is -2.40. The summed E-state index contributed by atoms with van der Waals surface area (Å²) in [7, 11) is 0. The minimum absolute atomic E-state index is 0.0769. The van der Waals surface area contributed by atoms with Crippen molar-refractivity contribution in [2.24, 2.45) is 5.73 Å². The molecule has 106 valence electrons. The number of hydrogen-bond donors (Lipinski definition) is 2. The van der Waals surface area contributed by atoms with Crippen molar-refractivity contribution in [2.75, 3.05) is 12.0 Å². The largest absolute Gasteiger partial charge is 0.351 e. The predicted molar refractivity (Wildman–Crippen MR) is 86.8 cm³/mol. The minimum atomic E-state index is -0.419. The van der Waals surface area contributed by atoms with Gasteiger partial charge >= 0.3 is 0 Å². The Morgan fingerprint density at radius 1 is 1.25 bits per heavy atom. The number of carbonyl (C=O) groups is 1. The van der Waals surface area contributed by atoms with Crippen LogP contribution in [0.5, 0.6) is 0 Å². The lowest BCUT2D eigenvalue weighted by atomic mass is 10.0. The highest BCUT2D eigenvalue weighted by Gasteiger charge is 2.12. The van der Waals surface area contributed by atoms with E-state index in [0.29, 0.717) is 13.0 Å². The van der Waals surface area contributed by atoms with Crippen molar-refractivity contribution in [3.63, 3.8) is 0 Å². The van der Waals surface area contributed by atoms with Gasteiger partial charge in [-0.05, 0) is 34.8 Å². The van der Waals surface area contributed by atoms with E-state index in [-0.39, 0.29) is 5.91 Å². The molecule has 2 aromatic carbocycles. The van der Waals surface area contributed by atoms with Crippen LogP contribution in [0.25, 0.3) is 10.8 Å². The molecular formula is C16H20N2OS. The average molecular weight is 288 g/mol. The summed E-state index contributed by atoms with van der Waals surface area (Å²) in [6, 6.07) is 13.9. The van der Waals surface area contributed by atoms with Crippen LogP contribution in [-0.4, -0.2) is 24.0 Å². The van der Waals surface area contributed by atoms with Gasteiger partial charge in [-0.1, -0.05) is 42.5 Å². The summed E-state index contributed by atoms with van der Waals surface area (Å²) in [4.78, 5) is 11.9. The molecule has 3 nitrogen and oxygen atoms in total. The van der Waals surface area contributed by atoms with Crippen LogP contribution in [0.15, 0.2) is 42.5 Å². The molecule has 0 unspecified atom stereocenters. The Hall–Kier alpha value is -1.52. The number of thioether (sulfide) groups is 1. The lowest BCUT2D eigenvalue weighted by molar-refractivity contribution is -0.122. The number of rotatable bonds is 6. The smallest absolute Gasteiger partial charge is 0.237 e. The fourth-order valence-corrected chi connectivity index (χ4v) is 2.63. The van der Waals surface area contributed by atoms with Crippen molar-refractivity contribution in [1.82, 2.24) is 5.32 Å². The van der Waals surface area contributed by atoms with Crippen molar-refractivity contribution in [1.29, 1.82) is 0 Å². The summed E-state index contributed by atoms with van der Waals surface area (Å²) in [5.74, 6) is 0.829. The lowest BCUT2D eigenvalue weighted by Gasteiger charge is -2.12. The molecule has 1 atom stereocenters.